The number of nitrogens with zero attached hydrogens (tertiary/aromatic N) is 4. The number of carbonyl (C=O) groups is 1. The summed E-state index contributed by atoms with van der Waals surface area (Å²) in [6.45, 7) is 4.14. The number of aromatic nitrogens is 4. The van der Waals surface area contributed by atoms with E-state index in [1.54, 1.807) is 17.6 Å². The Kier molecular flexibility index (Phi) is 4.94. The van der Waals surface area contributed by atoms with Gasteiger partial charge in [-0.3, -0.25) is 13.8 Å². The third-order valence-electron chi connectivity index (χ3n) is 5.09. The molecule has 0 aliphatic rings. The van der Waals surface area contributed by atoms with Crippen LogP contribution in [0, 0.1) is 12.7 Å². The lowest BCUT2D eigenvalue weighted by molar-refractivity contribution is 0.0600. The molecule has 0 aliphatic carbocycles. The van der Waals surface area contributed by atoms with Crippen molar-refractivity contribution in [1.29, 1.82) is 0 Å². The van der Waals surface area contributed by atoms with E-state index in [0.717, 1.165) is 6.07 Å². The SMILES string of the molecule is CCn1c(=O)c2ccccc2n2c(CNc3cc(C(=O)OC)cc(F)c3C)nnc12. The van der Waals surface area contributed by atoms with Gasteiger partial charge in [-0.1, -0.05) is 12.1 Å². The molecule has 0 aliphatic heterocycles. The minimum atomic E-state index is -0.622. The van der Waals surface area contributed by atoms with Gasteiger partial charge in [0, 0.05) is 17.8 Å². The number of hydrogen-bond acceptors (Lipinski definition) is 6. The molecule has 0 amide bonds. The van der Waals surface area contributed by atoms with Crippen molar-refractivity contribution in [3.63, 3.8) is 0 Å². The second-order valence-corrected chi connectivity index (χ2v) is 6.79. The van der Waals surface area contributed by atoms with E-state index in [9.17, 15) is 14.0 Å². The van der Waals surface area contributed by atoms with E-state index < -0.39 is 11.8 Å². The quantitative estimate of drug-likeness (QED) is 0.510. The Morgan fingerprint density at radius 1 is 1.23 bits per heavy atom. The maximum atomic E-state index is 14.3. The maximum Gasteiger partial charge on any atom is 0.338 e. The highest BCUT2D eigenvalue weighted by atomic mass is 19.1. The highest BCUT2D eigenvalue weighted by Crippen LogP contribution is 2.22. The van der Waals surface area contributed by atoms with Crippen LogP contribution in [0.25, 0.3) is 16.7 Å². The van der Waals surface area contributed by atoms with Crippen LogP contribution in [0.2, 0.25) is 0 Å². The van der Waals surface area contributed by atoms with E-state index >= 15 is 0 Å². The topological polar surface area (TPSA) is 90.5 Å². The molecular weight excluding hydrogens is 389 g/mol. The van der Waals surface area contributed by atoms with Crippen molar-refractivity contribution in [2.75, 3.05) is 12.4 Å². The summed E-state index contributed by atoms with van der Waals surface area (Å²) in [6, 6.07) is 9.93. The fraction of sp³-hybridized carbons (Fsp3) is 0.238. The van der Waals surface area contributed by atoms with Gasteiger partial charge < -0.3 is 10.1 Å². The van der Waals surface area contributed by atoms with Crippen molar-refractivity contribution in [3.8, 4) is 0 Å². The minimum absolute atomic E-state index is 0.111. The fourth-order valence-electron chi connectivity index (χ4n) is 3.49. The van der Waals surface area contributed by atoms with Gasteiger partial charge in [0.1, 0.15) is 5.82 Å². The molecule has 0 atom stereocenters. The Morgan fingerprint density at radius 3 is 2.73 bits per heavy atom. The molecule has 0 unspecified atom stereocenters. The summed E-state index contributed by atoms with van der Waals surface area (Å²) in [5.74, 6) is -0.157. The molecule has 2 aromatic carbocycles. The summed E-state index contributed by atoms with van der Waals surface area (Å²) in [5, 5.41) is 12.1. The zero-order chi connectivity index (χ0) is 21.4. The number of ether oxygens (including phenoxy) is 1. The second kappa shape index (κ2) is 7.58. The number of anilines is 1. The number of esters is 1. The molecule has 0 bridgehead atoms. The van der Waals surface area contributed by atoms with Gasteiger partial charge in [-0.2, -0.15) is 0 Å². The molecule has 1 N–H and O–H groups in total. The van der Waals surface area contributed by atoms with Crippen LogP contribution in [-0.2, 0) is 17.8 Å². The maximum absolute atomic E-state index is 14.3. The number of methoxy groups -OCH3 is 1. The Labute approximate surface area is 170 Å². The first kappa shape index (κ1) is 19.6. The van der Waals surface area contributed by atoms with Crippen LogP contribution in [0.1, 0.15) is 28.7 Å². The first-order valence-electron chi connectivity index (χ1n) is 9.44. The largest absolute Gasteiger partial charge is 0.465 e. The summed E-state index contributed by atoms with van der Waals surface area (Å²) >= 11 is 0. The third kappa shape index (κ3) is 3.08. The molecule has 0 radical (unpaired) electrons. The van der Waals surface area contributed by atoms with Crippen LogP contribution in [0.15, 0.2) is 41.2 Å². The summed E-state index contributed by atoms with van der Waals surface area (Å²) in [7, 11) is 1.24. The zero-order valence-corrected chi connectivity index (χ0v) is 16.8. The number of benzene rings is 2. The molecule has 2 aromatic heterocycles. The predicted molar refractivity (Wildman–Crippen MR) is 110 cm³/mol. The molecule has 154 valence electrons. The van der Waals surface area contributed by atoms with E-state index in [0.29, 0.717) is 40.3 Å². The van der Waals surface area contributed by atoms with E-state index in [4.69, 9.17) is 0 Å². The highest BCUT2D eigenvalue weighted by Gasteiger charge is 2.17. The lowest BCUT2D eigenvalue weighted by Gasteiger charge is -2.13. The lowest BCUT2D eigenvalue weighted by Crippen LogP contribution is -2.23. The van der Waals surface area contributed by atoms with Gasteiger partial charge in [-0.05, 0) is 38.1 Å². The van der Waals surface area contributed by atoms with Gasteiger partial charge in [-0.25, -0.2) is 9.18 Å². The summed E-state index contributed by atoms with van der Waals surface area (Å²) in [4.78, 5) is 24.6. The molecule has 0 fully saturated rings. The van der Waals surface area contributed by atoms with Crippen LogP contribution in [0.5, 0.6) is 0 Å². The predicted octanol–water partition coefficient (Wildman–Crippen LogP) is 2.91. The smallest absolute Gasteiger partial charge is 0.338 e. The summed E-state index contributed by atoms with van der Waals surface area (Å²) in [5.41, 5.74) is 1.48. The fourth-order valence-corrected chi connectivity index (χ4v) is 3.49. The van der Waals surface area contributed by atoms with Gasteiger partial charge in [0.25, 0.3) is 5.56 Å². The van der Waals surface area contributed by atoms with Crippen molar-refractivity contribution < 1.29 is 13.9 Å². The van der Waals surface area contributed by atoms with Crippen molar-refractivity contribution in [2.24, 2.45) is 0 Å². The van der Waals surface area contributed by atoms with Crippen molar-refractivity contribution in [1.82, 2.24) is 19.2 Å². The molecule has 4 rings (SSSR count). The highest BCUT2D eigenvalue weighted by molar-refractivity contribution is 5.90. The first-order valence-corrected chi connectivity index (χ1v) is 9.44. The number of para-hydroxylation sites is 1. The van der Waals surface area contributed by atoms with Crippen LogP contribution in [0.3, 0.4) is 0 Å². The van der Waals surface area contributed by atoms with Crippen LogP contribution >= 0.6 is 0 Å². The number of carbonyl (C=O) groups excluding carboxylic acids is 1. The second-order valence-electron chi connectivity index (χ2n) is 6.79. The Balaban J connectivity index is 1.80. The van der Waals surface area contributed by atoms with E-state index in [1.165, 1.54) is 13.2 Å². The van der Waals surface area contributed by atoms with Gasteiger partial charge in [-0.15, -0.1) is 10.2 Å². The monoisotopic (exact) mass is 409 g/mol. The Morgan fingerprint density at radius 2 is 2.00 bits per heavy atom. The number of aryl methyl sites for hydroxylation is 1. The van der Waals surface area contributed by atoms with Crippen molar-refractivity contribution in [3.05, 3.63) is 69.5 Å². The van der Waals surface area contributed by atoms with Gasteiger partial charge >= 0.3 is 5.97 Å². The number of hydrogen-bond donors (Lipinski definition) is 1. The van der Waals surface area contributed by atoms with E-state index in [-0.39, 0.29) is 17.7 Å². The molecule has 4 aromatic rings. The molecule has 8 nitrogen and oxygen atoms in total. The molecule has 0 saturated heterocycles. The van der Waals surface area contributed by atoms with Crippen molar-refractivity contribution in [2.45, 2.75) is 26.9 Å². The van der Waals surface area contributed by atoms with E-state index in [1.807, 2.05) is 29.5 Å². The van der Waals surface area contributed by atoms with Gasteiger partial charge in [0.15, 0.2) is 5.82 Å². The van der Waals surface area contributed by atoms with Crippen LogP contribution in [0.4, 0.5) is 10.1 Å². The molecule has 0 saturated carbocycles. The molecular formula is C21H20FN5O3. The molecule has 9 heteroatoms. The summed E-state index contributed by atoms with van der Waals surface area (Å²) < 4.78 is 22.3. The van der Waals surface area contributed by atoms with Gasteiger partial charge in [0.05, 0.1) is 30.1 Å². The van der Waals surface area contributed by atoms with Crippen molar-refractivity contribution >= 4 is 28.3 Å². The lowest BCUT2D eigenvalue weighted by atomic mass is 10.1. The molecule has 0 spiro atoms. The minimum Gasteiger partial charge on any atom is -0.465 e. The number of nitrogens with one attached hydrogen (secondary N) is 1. The Bertz CT molecular complexity index is 1340. The third-order valence-corrected chi connectivity index (χ3v) is 5.09. The number of fused-ring (bicyclic) bond motifs is 3. The number of rotatable bonds is 5. The normalized spacial score (nSPS) is 11.2. The molecule has 30 heavy (non-hydrogen) atoms. The van der Waals surface area contributed by atoms with Crippen LogP contribution < -0.4 is 10.9 Å². The zero-order valence-electron chi connectivity index (χ0n) is 16.8. The summed E-state index contributed by atoms with van der Waals surface area (Å²) in [6.07, 6.45) is 0. The number of halogens is 1. The average molecular weight is 409 g/mol. The average Bonchev–Trinajstić information content (AvgIpc) is 3.18. The standard InChI is InChI=1S/C21H20FN5O3/c1-4-26-19(28)14-7-5-6-8-17(14)27-18(24-25-21(26)27)11-23-16-10-13(20(29)30-3)9-15(22)12(16)2/h5-10,23H,4,11H2,1-3H3. The van der Waals surface area contributed by atoms with E-state index in [2.05, 4.69) is 20.3 Å². The molecule has 2 heterocycles. The first-order chi connectivity index (χ1) is 14.5. The van der Waals surface area contributed by atoms with Crippen LogP contribution in [-0.4, -0.2) is 32.2 Å². The Hall–Kier alpha value is -3.75. The van der Waals surface area contributed by atoms with Gasteiger partial charge in [0.2, 0.25) is 5.78 Å².